The van der Waals surface area contributed by atoms with Crippen LogP contribution in [-0.2, 0) is 15.8 Å². The Hall–Kier alpha value is -3.03. The number of amides is 2. The number of anilines is 2. The summed E-state index contributed by atoms with van der Waals surface area (Å²) in [5.74, 6) is -0.700. The molecule has 0 aromatic heterocycles. The maximum atomic E-state index is 13.0. The normalized spacial score (nSPS) is 11.0. The molecule has 2 rings (SSSR count). The van der Waals surface area contributed by atoms with Gasteiger partial charge in [0, 0.05) is 18.7 Å². The second-order valence-corrected chi connectivity index (χ2v) is 5.40. The summed E-state index contributed by atoms with van der Waals surface area (Å²) < 4.78 is 44.1. The summed E-state index contributed by atoms with van der Waals surface area (Å²) in [5.41, 5.74) is -0.917. The van der Waals surface area contributed by atoms with Gasteiger partial charge in [-0.25, -0.2) is 0 Å². The number of methoxy groups -OCH3 is 1. The summed E-state index contributed by atoms with van der Waals surface area (Å²) in [6.45, 7) is 0.825. The van der Waals surface area contributed by atoms with Crippen LogP contribution in [0.1, 0.15) is 12.5 Å². The van der Waals surface area contributed by atoms with E-state index < -0.39 is 30.1 Å². The first kappa shape index (κ1) is 19.3. The van der Waals surface area contributed by atoms with Gasteiger partial charge in [0.05, 0.1) is 18.4 Å². The molecule has 0 spiro atoms. The molecule has 5 nitrogen and oxygen atoms in total. The second kappa shape index (κ2) is 7.90. The van der Waals surface area contributed by atoms with Gasteiger partial charge >= 0.3 is 6.18 Å². The number of alkyl halides is 3. The van der Waals surface area contributed by atoms with Crippen LogP contribution < -0.4 is 15.0 Å². The van der Waals surface area contributed by atoms with E-state index in [4.69, 9.17) is 4.74 Å². The Labute approximate surface area is 148 Å². The molecule has 2 aromatic carbocycles. The van der Waals surface area contributed by atoms with Crippen molar-refractivity contribution in [3.63, 3.8) is 0 Å². The van der Waals surface area contributed by atoms with Gasteiger partial charge in [-0.1, -0.05) is 18.2 Å². The van der Waals surface area contributed by atoms with Gasteiger partial charge in [-0.15, -0.1) is 0 Å². The van der Waals surface area contributed by atoms with Gasteiger partial charge in [0.25, 0.3) is 0 Å². The molecule has 8 heteroatoms. The highest BCUT2D eigenvalue weighted by Crippen LogP contribution is 2.34. The lowest BCUT2D eigenvalue weighted by atomic mass is 10.1. The Bertz CT molecular complexity index is 806. The molecule has 0 heterocycles. The zero-order valence-electron chi connectivity index (χ0n) is 14.1. The van der Waals surface area contributed by atoms with Crippen molar-refractivity contribution in [3.05, 3.63) is 54.1 Å². The molecule has 0 aliphatic carbocycles. The van der Waals surface area contributed by atoms with Gasteiger partial charge < -0.3 is 15.0 Å². The molecule has 138 valence electrons. The lowest BCUT2D eigenvalue weighted by molar-refractivity contribution is -0.137. The fourth-order valence-electron chi connectivity index (χ4n) is 2.34. The number of hydrogen-bond donors (Lipinski definition) is 1. The number of nitrogens with one attached hydrogen (secondary N) is 1. The molecular weight excluding hydrogens is 349 g/mol. The summed E-state index contributed by atoms with van der Waals surface area (Å²) in [4.78, 5) is 25.3. The lowest BCUT2D eigenvalue weighted by Crippen LogP contribution is -2.37. The van der Waals surface area contributed by atoms with Gasteiger partial charge in [-0.05, 0) is 24.3 Å². The maximum Gasteiger partial charge on any atom is 0.418 e. The molecule has 0 atom stereocenters. The van der Waals surface area contributed by atoms with Gasteiger partial charge in [-0.2, -0.15) is 13.2 Å². The van der Waals surface area contributed by atoms with E-state index in [9.17, 15) is 22.8 Å². The molecule has 0 radical (unpaired) electrons. The van der Waals surface area contributed by atoms with Crippen molar-refractivity contribution in [2.75, 3.05) is 23.9 Å². The number of hydrogen-bond acceptors (Lipinski definition) is 3. The quantitative estimate of drug-likeness (QED) is 0.878. The molecule has 0 unspecified atom stereocenters. The minimum atomic E-state index is -4.60. The van der Waals surface area contributed by atoms with Gasteiger partial charge in [0.2, 0.25) is 11.8 Å². The molecule has 0 bridgehead atoms. The monoisotopic (exact) mass is 366 g/mol. The predicted molar refractivity (Wildman–Crippen MR) is 91.1 cm³/mol. The van der Waals surface area contributed by atoms with Gasteiger partial charge in [0.1, 0.15) is 12.3 Å². The minimum Gasteiger partial charge on any atom is -0.497 e. The van der Waals surface area contributed by atoms with Crippen LogP contribution in [0.2, 0.25) is 0 Å². The first-order valence-corrected chi connectivity index (χ1v) is 7.60. The highest BCUT2D eigenvalue weighted by molar-refractivity contribution is 6.02. The maximum absolute atomic E-state index is 13.0. The Balaban J connectivity index is 2.21. The first-order valence-electron chi connectivity index (χ1n) is 7.60. The van der Waals surface area contributed by atoms with Crippen molar-refractivity contribution < 1.29 is 27.5 Å². The van der Waals surface area contributed by atoms with Crippen LogP contribution in [-0.4, -0.2) is 25.5 Å². The van der Waals surface area contributed by atoms with Gasteiger partial charge in [-0.3, -0.25) is 9.59 Å². The predicted octanol–water partition coefficient (Wildman–Crippen LogP) is 3.71. The number of ether oxygens (including phenoxy) is 1. The molecule has 0 aliphatic rings. The van der Waals surface area contributed by atoms with E-state index >= 15 is 0 Å². The van der Waals surface area contributed by atoms with Crippen LogP contribution >= 0.6 is 0 Å². The van der Waals surface area contributed by atoms with E-state index in [1.54, 1.807) is 24.3 Å². The molecule has 0 saturated heterocycles. The summed E-state index contributed by atoms with van der Waals surface area (Å²) in [7, 11) is 1.46. The van der Waals surface area contributed by atoms with Crippen LogP contribution in [0.5, 0.6) is 5.75 Å². The van der Waals surface area contributed by atoms with Crippen LogP contribution in [0.4, 0.5) is 24.5 Å². The van der Waals surface area contributed by atoms with Crippen molar-refractivity contribution >= 4 is 23.2 Å². The second-order valence-electron chi connectivity index (χ2n) is 5.40. The van der Waals surface area contributed by atoms with Crippen molar-refractivity contribution in [1.29, 1.82) is 0 Å². The molecule has 2 aromatic rings. The molecule has 1 N–H and O–H groups in total. The molecule has 2 amide bonds. The van der Waals surface area contributed by atoms with Crippen molar-refractivity contribution in [2.24, 2.45) is 0 Å². The zero-order chi connectivity index (χ0) is 19.3. The third kappa shape index (κ3) is 4.75. The summed E-state index contributed by atoms with van der Waals surface area (Å²) in [6.07, 6.45) is -4.60. The summed E-state index contributed by atoms with van der Waals surface area (Å²) in [6, 6.07) is 11.1. The number of para-hydroxylation sites is 1. The van der Waals surface area contributed by atoms with E-state index in [2.05, 4.69) is 5.32 Å². The van der Waals surface area contributed by atoms with E-state index in [1.165, 1.54) is 26.2 Å². The number of benzene rings is 2. The van der Waals surface area contributed by atoms with Crippen LogP contribution in [0.3, 0.4) is 0 Å². The Morgan fingerprint density at radius 3 is 2.42 bits per heavy atom. The zero-order valence-corrected chi connectivity index (χ0v) is 14.1. The highest BCUT2D eigenvalue weighted by atomic mass is 19.4. The van der Waals surface area contributed by atoms with Crippen LogP contribution in [0.15, 0.2) is 48.5 Å². The molecule has 0 aliphatic heterocycles. The Kier molecular flexibility index (Phi) is 5.86. The van der Waals surface area contributed by atoms with Gasteiger partial charge in [0.15, 0.2) is 0 Å². The fourth-order valence-corrected chi connectivity index (χ4v) is 2.34. The van der Waals surface area contributed by atoms with E-state index in [-0.39, 0.29) is 5.69 Å². The van der Waals surface area contributed by atoms with E-state index in [0.717, 1.165) is 17.0 Å². The molecule has 0 saturated carbocycles. The van der Waals surface area contributed by atoms with E-state index in [1.807, 2.05) is 0 Å². The molecule has 26 heavy (non-hydrogen) atoms. The largest absolute Gasteiger partial charge is 0.497 e. The summed E-state index contributed by atoms with van der Waals surface area (Å²) >= 11 is 0. The van der Waals surface area contributed by atoms with Crippen molar-refractivity contribution in [3.8, 4) is 5.75 Å². The number of carbonyl (C=O) groups is 2. The Morgan fingerprint density at radius 2 is 1.81 bits per heavy atom. The highest BCUT2D eigenvalue weighted by Gasteiger charge is 2.33. The number of rotatable bonds is 5. The smallest absolute Gasteiger partial charge is 0.418 e. The molecular formula is C18H17F3N2O3. The molecule has 0 fully saturated rings. The summed E-state index contributed by atoms with van der Waals surface area (Å²) in [5, 5.41) is 2.22. The lowest BCUT2D eigenvalue weighted by Gasteiger charge is -2.22. The number of carbonyl (C=O) groups excluding carboxylic acids is 2. The van der Waals surface area contributed by atoms with Crippen LogP contribution in [0.25, 0.3) is 0 Å². The topological polar surface area (TPSA) is 58.6 Å². The standard InChI is InChI=1S/C18H17F3N2O3/c1-12(24)23(13-6-5-7-14(10-13)26-2)11-17(25)22-16-9-4-3-8-15(16)18(19,20)21/h3-10H,11H2,1-2H3,(H,22,25). The third-order valence-corrected chi connectivity index (χ3v) is 3.55. The average molecular weight is 366 g/mol. The number of halogens is 3. The SMILES string of the molecule is COc1cccc(N(CC(=O)Nc2ccccc2C(F)(F)F)C(C)=O)c1. The average Bonchev–Trinajstić information content (AvgIpc) is 2.59. The minimum absolute atomic E-state index is 0.362. The Morgan fingerprint density at radius 1 is 1.12 bits per heavy atom. The van der Waals surface area contributed by atoms with Crippen molar-refractivity contribution in [1.82, 2.24) is 0 Å². The first-order chi connectivity index (χ1) is 12.2. The number of nitrogens with zero attached hydrogens (tertiary/aromatic N) is 1. The van der Waals surface area contributed by atoms with E-state index in [0.29, 0.717) is 11.4 Å². The van der Waals surface area contributed by atoms with Crippen LogP contribution in [0, 0.1) is 0 Å². The fraction of sp³-hybridized carbons (Fsp3) is 0.222. The third-order valence-electron chi connectivity index (χ3n) is 3.55. The van der Waals surface area contributed by atoms with Crippen molar-refractivity contribution in [2.45, 2.75) is 13.1 Å².